The number of hydrogen-bond donors (Lipinski definition) is 1. The first-order chi connectivity index (χ1) is 9.33. The summed E-state index contributed by atoms with van der Waals surface area (Å²) in [6, 6.07) is 10.5. The van der Waals surface area contributed by atoms with Crippen molar-refractivity contribution in [2.75, 3.05) is 5.32 Å². The van der Waals surface area contributed by atoms with E-state index >= 15 is 0 Å². The molecule has 3 aromatic rings. The van der Waals surface area contributed by atoms with Gasteiger partial charge in [-0.05, 0) is 24.3 Å². The van der Waals surface area contributed by atoms with E-state index in [-0.39, 0.29) is 5.82 Å². The van der Waals surface area contributed by atoms with E-state index < -0.39 is 0 Å². The lowest BCUT2D eigenvalue weighted by molar-refractivity contribution is 0.637. The monoisotopic (exact) mass is 254 g/mol. The molecule has 1 N–H and O–H groups in total. The Labute approximate surface area is 109 Å². The molecule has 94 valence electrons. The van der Waals surface area contributed by atoms with Gasteiger partial charge < -0.3 is 5.32 Å². The van der Waals surface area contributed by atoms with Gasteiger partial charge in [0.1, 0.15) is 11.3 Å². The minimum Gasteiger partial charge on any atom is -0.378 e. The highest BCUT2D eigenvalue weighted by Gasteiger charge is 2.02. The highest BCUT2D eigenvalue weighted by Crippen LogP contribution is 2.19. The average Bonchev–Trinajstić information content (AvgIpc) is 2.46. The summed E-state index contributed by atoms with van der Waals surface area (Å²) in [5.74, 6) is -0.307. The van der Waals surface area contributed by atoms with Gasteiger partial charge in [-0.1, -0.05) is 12.1 Å². The molecular formula is C14H11FN4. The number of pyridine rings is 1. The van der Waals surface area contributed by atoms with Gasteiger partial charge in [-0.2, -0.15) is 10.2 Å². The van der Waals surface area contributed by atoms with Crippen LogP contribution in [0.4, 0.5) is 10.1 Å². The SMILES string of the molecule is Fc1cccc2cc(NCc3cccnn3)cnc12. The van der Waals surface area contributed by atoms with E-state index in [2.05, 4.69) is 20.5 Å². The Morgan fingerprint density at radius 3 is 2.95 bits per heavy atom. The van der Waals surface area contributed by atoms with E-state index in [1.54, 1.807) is 18.5 Å². The lowest BCUT2D eigenvalue weighted by atomic mass is 10.2. The van der Waals surface area contributed by atoms with Crippen LogP contribution in [0.3, 0.4) is 0 Å². The second-order valence-electron chi connectivity index (χ2n) is 4.10. The summed E-state index contributed by atoms with van der Waals surface area (Å²) in [5.41, 5.74) is 2.04. The average molecular weight is 254 g/mol. The van der Waals surface area contributed by atoms with Crippen molar-refractivity contribution < 1.29 is 4.39 Å². The van der Waals surface area contributed by atoms with Gasteiger partial charge in [0.15, 0.2) is 0 Å². The molecule has 2 aromatic heterocycles. The van der Waals surface area contributed by atoms with Crippen molar-refractivity contribution in [3.05, 3.63) is 60.3 Å². The molecule has 1 aromatic carbocycles. The van der Waals surface area contributed by atoms with Crippen molar-refractivity contribution in [1.29, 1.82) is 0 Å². The Bertz CT molecular complexity index is 700. The van der Waals surface area contributed by atoms with Crippen molar-refractivity contribution in [3.63, 3.8) is 0 Å². The first kappa shape index (κ1) is 11.5. The van der Waals surface area contributed by atoms with Gasteiger partial charge in [0, 0.05) is 11.6 Å². The molecule has 0 aliphatic rings. The van der Waals surface area contributed by atoms with Crippen molar-refractivity contribution >= 4 is 16.6 Å². The summed E-state index contributed by atoms with van der Waals surface area (Å²) in [4.78, 5) is 4.12. The number of hydrogen-bond acceptors (Lipinski definition) is 4. The molecule has 4 nitrogen and oxygen atoms in total. The molecule has 0 amide bonds. The lowest BCUT2D eigenvalue weighted by Gasteiger charge is -2.06. The largest absolute Gasteiger partial charge is 0.378 e. The van der Waals surface area contributed by atoms with Crippen LogP contribution in [-0.2, 0) is 6.54 Å². The third kappa shape index (κ3) is 2.49. The fourth-order valence-electron chi connectivity index (χ4n) is 1.84. The minimum absolute atomic E-state index is 0.307. The van der Waals surface area contributed by atoms with Gasteiger partial charge in [-0.3, -0.25) is 4.98 Å². The van der Waals surface area contributed by atoms with E-state index in [4.69, 9.17) is 0 Å². The smallest absolute Gasteiger partial charge is 0.149 e. The minimum atomic E-state index is -0.307. The summed E-state index contributed by atoms with van der Waals surface area (Å²) in [6.45, 7) is 0.552. The van der Waals surface area contributed by atoms with Gasteiger partial charge >= 0.3 is 0 Å². The maximum Gasteiger partial charge on any atom is 0.149 e. The standard InChI is InChI=1S/C14H11FN4/c15-13-5-1-3-10-7-12(9-17-14(10)13)16-8-11-4-2-6-18-19-11/h1-7,9,16H,8H2. The van der Waals surface area contributed by atoms with Gasteiger partial charge in [-0.15, -0.1) is 0 Å². The molecule has 19 heavy (non-hydrogen) atoms. The Balaban J connectivity index is 1.82. The fraction of sp³-hybridized carbons (Fsp3) is 0.0714. The predicted octanol–water partition coefficient (Wildman–Crippen LogP) is 2.78. The third-order valence-electron chi connectivity index (χ3n) is 2.76. The number of anilines is 1. The number of nitrogens with one attached hydrogen (secondary N) is 1. The molecule has 0 spiro atoms. The third-order valence-corrected chi connectivity index (χ3v) is 2.76. The van der Waals surface area contributed by atoms with Crippen LogP contribution in [0.1, 0.15) is 5.69 Å². The van der Waals surface area contributed by atoms with E-state index in [0.717, 1.165) is 16.8 Å². The molecule has 0 radical (unpaired) electrons. The highest BCUT2D eigenvalue weighted by atomic mass is 19.1. The number of benzene rings is 1. The van der Waals surface area contributed by atoms with Gasteiger partial charge in [0.05, 0.1) is 24.1 Å². The van der Waals surface area contributed by atoms with Crippen LogP contribution in [0, 0.1) is 5.82 Å². The van der Waals surface area contributed by atoms with Gasteiger partial charge in [0.25, 0.3) is 0 Å². The van der Waals surface area contributed by atoms with Crippen LogP contribution in [0.2, 0.25) is 0 Å². The lowest BCUT2D eigenvalue weighted by Crippen LogP contribution is -2.02. The first-order valence-corrected chi connectivity index (χ1v) is 5.88. The number of aromatic nitrogens is 3. The second-order valence-corrected chi connectivity index (χ2v) is 4.10. The zero-order valence-electron chi connectivity index (χ0n) is 10.0. The number of halogens is 1. The molecule has 0 atom stereocenters. The summed E-state index contributed by atoms with van der Waals surface area (Å²) in [7, 11) is 0. The van der Waals surface area contributed by atoms with Crippen LogP contribution >= 0.6 is 0 Å². The maximum absolute atomic E-state index is 13.5. The summed E-state index contributed by atoms with van der Waals surface area (Å²) < 4.78 is 13.5. The number of para-hydroxylation sites is 1. The molecule has 0 aliphatic carbocycles. The number of nitrogens with zero attached hydrogens (tertiary/aromatic N) is 3. The Kier molecular flexibility index (Phi) is 3.02. The van der Waals surface area contributed by atoms with Gasteiger partial charge in [-0.25, -0.2) is 4.39 Å². The molecule has 2 heterocycles. The quantitative estimate of drug-likeness (QED) is 0.780. The summed E-state index contributed by atoms with van der Waals surface area (Å²) in [5, 5.41) is 11.7. The van der Waals surface area contributed by atoms with Crippen molar-refractivity contribution in [3.8, 4) is 0 Å². The highest BCUT2D eigenvalue weighted by molar-refractivity contribution is 5.81. The van der Waals surface area contributed by atoms with Crippen LogP contribution in [0.15, 0.2) is 48.8 Å². The van der Waals surface area contributed by atoms with Gasteiger partial charge in [0.2, 0.25) is 0 Å². The first-order valence-electron chi connectivity index (χ1n) is 5.88. The molecule has 0 saturated carbocycles. The van der Waals surface area contributed by atoms with Crippen LogP contribution in [-0.4, -0.2) is 15.2 Å². The topological polar surface area (TPSA) is 50.7 Å². The van der Waals surface area contributed by atoms with Crippen molar-refractivity contribution in [2.45, 2.75) is 6.54 Å². The van der Waals surface area contributed by atoms with Crippen molar-refractivity contribution in [1.82, 2.24) is 15.2 Å². The zero-order chi connectivity index (χ0) is 13.1. The Morgan fingerprint density at radius 1 is 1.16 bits per heavy atom. The van der Waals surface area contributed by atoms with Crippen LogP contribution < -0.4 is 5.32 Å². The molecule has 0 saturated heterocycles. The molecule has 0 unspecified atom stereocenters. The van der Waals surface area contributed by atoms with E-state index in [1.165, 1.54) is 6.07 Å². The zero-order valence-corrected chi connectivity index (χ0v) is 10.0. The van der Waals surface area contributed by atoms with Crippen LogP contribution in [0.5, 0.6) is 0 Å². The van der Waals surface area contributed by atoms with E-state index in [9.17, 15) is 4.39 Å². The Morgan fingerprint density at radius 2 is 2.11 bits per heavy atom. The van der Waals surface area contributed by atoms with E-state index in [0.29, 0.717) is 12.1 Å². The second kappa shape index (κ2) is 4.97. The number of rotatable bonds is 3. The molecule has 5 heteroatoms. The Hall–Kier alpha value is -2.56. The summed E-state index contributed by atoms with van der Waals surface area (Å²) in [6.07, 6.45) is 3.24. The van der Waals surface area contributed by atoms with Crippen LogP contribution in [0.25, 0.3) is 10.9 Å². The van der Waals surface area contributed by atoms with E-state index in [1.807, 2.05) is 24.3 Å². The summed E-state index contributed by atoms with van der Waals surface area (Å²) >= 11 is 0. The fourth-order valence-corrected chi connectivity index (χ4v) is 1.84. The maximum atomic E-state index is 13.5. The molecule has 0 aliphatic heterocycles. The number of fused-ring (bicyclic) bond motifs is 1. The normalized spacial score (nSPS) is 10.6. The molecular weight excluding hydrogens is 243 g/mol. The van der Waals surface area contributed by atoms with Crippen molar-refractivity contribution in [2.24, 2.45) is 0 Å². The molecule has 3 rings (SSSR count). The molecule has 0 bridgehead atoms. The molecule has 0 fully saturated rings. The predicted molar refractivity (Wildman–Crippen MR) is 71.1 cm³/mol.